The lowest BCUT2D eigenvalue weighted by Crippen LogP contribution is -2.07. The summed E-state index contributed by atoms with van der Waals surface area (Å²) in [5.74, 6) is -1.94. The number of benzene rings is 1. The Morgan fingerprint density at radius 1 is 1.35 bits per heavy atom. The number of hydrogen-bond donors (Lipinski definition) is 1. The van der Waals surface area contributed by atoms with Crippen LogP contribution >= 0.6 is 0 Å². The molecule has 0 bridgehead atoms. The van der Waals surface area contributed by atoms with Crippen LogP contribution in [0.5, 0.6) is 0 Å². The van der Waals surface area contributed by atoms with Gasteiger partial charge in [0.2, 0.25) is 0 Å². The third-order valence-electron chi connectivity index (χ3n) is 2.73. The summed E-state index contributed by atoms with van der Waals surface area (Å²) >= 11 is 0. The van der Waals surface area contributed by atoms with E-state index >= 15 is 0 Å². The SMILES string of the molecule is O=C(O)c1cc(C=C2CCOCC2)ccc1F. The van der Waals surface area contributed by atoms with E-state index < -0.39 is 11.8 Å². The molecule has 0 radical (unpaired) electrons. The highest BCUT2D eigenvalue weighted by Gasteiger charge is 2.11. The molecule has 0 unspecified atom stereocenters. The number of carboxylic acid groups (broad SMARTS) is 1. The van der Waals surface area contributed by atoms with Crippen molar-refractivity contribution < 1.29 is 19.0 Å². The molecule has 1 aliphatic rings. The first-order valence-corrected chi connectivity index (χ1v) is 5.47. The Hall–Kier alpha value is -1.68. The van der Waals surface area contributed by atoms with E-state index in [-0.39, 0.29) is 5.56 Å². The first kappa shape index (κ1) is 11.8. The van der Waals surface area contributed by atoms with E-state index in [1.807, 2.05) is 6.08 Å². The molecule has 4 heteroatoms. The maximum atomic E-state index is 13.2. The molecule has 3 nitrogen and oxygen atoms in total. The first-order valence-electron chi connectivity index (χ1n) is 5.47. The van der Waals surface area contributed by atoms with Crippen LogP contribution in [0.15, 0.2) is 23.8 Å². The number of carbonyl (C=O) groups is 1. The summed E-state index contributed by atoms with van der Waals surface area (Å²) in [6, 6.07) is 4.14. The summed E-state index contributed by atoms with van der Waals surface area (Å²) in [5.41, 5.74) is 1.64. The average molecular weight is 236 g/mol. The topological polar surface area (TPSA) is 46.5 Å². The average Bonchev–Trinajstić information content (AvgIpc) is 2.32. The Balaban J connectivity index is 2.27. The van der Waals surface area contributed by atoms with E-state index in [1.165, 1.54) is 17.7 Å². The molecule has 1 N–H and O–H groups in total. The molecule has 1 aromatic carbocycles. The molecule has 1 aliphatic heterocycles. The van der Waals surface area contributed by atoms with E-state index in [9.17, 15) is 9.18 Å². The van der Waals surface area contributed by atoms with Crippen LogP contribution in [-0.2, 0) is 4.74 Å². The fourth-order valence-corrected chi connectivity index (χ4v) is 1.81. The fraction of sp³-hybridized carbons (Fsp3) is 0.308. The largest absolute Gasteiger partial charge is 0.478 e. The Morgan fingerprint density at radius 2 is 2.06 bits per heavy atom. The lowest BCUT2D eigenvalue weighted by molar-refractivity contribution is 0.0692. The van der Waals surface area contributed by atoms with Crippen molar-refractivity contribution >= 4 is 12.0 Å². The number of rotatable bonds is 2. The van der Waals surface area contributed by atoms with Gasteiger partial charge in [-0.1, -0.05) is 17.7 Å². The van der Waals surface area contributed by atoms with E-state index in [0.29, 0.717) is 13.2 Å². The second kappa shape index (κ2) is 5.10. The van der Waals surface area contributed by atoms with Crippen LogP contribution in [0.3, 0.4) is 0 Å². The van der Waals surface area contributed by atoms with Crippen LogP contribution in [0.25, 0.3) is 6.08 Å². The Bertz CT molecular complexity index is 458. The number of carboxylic acids is 1. The molecule has 90 valence electrons. The minimum Gasteiger partial charge on any atom is -0.478 e. The van der Waals surface area contributed by atoms with Gasteiger partial charge in [0.15, 0.2) is 0 Å². The van der Waals surface area contributed by atoms with Gasteiger partial charge in [-0.2, -0.15) is 0 Å². The zero-order chi connectivity index (χ0) is 12.3. The van der Waals surface area contributed by atoms with Crippen molar-refractivity contribution in [3.05, 3.63) is 40.7 Å². The standard InChI is InChI=1S/C13H13FO3/c14-12-2-1-10(8-11(12)13(15)16)7-9-3-5-17-6-4-9/h1-2,7-8H,3-6H2,(H,15,16). The highest BCUT2D eigenvalue weighted by Crippen LogP contribution is 2.19. The van der Waals surface area contributed by atoms with Gasteiger partial charge in [-0.15, -0.1) is 0 Å². The van der Waals surface area contributed by atoms with E-state index in [4.69, 9.17) is 9.84 Å². The minimum absolute atomic E-state index is 0.286. The van der Waals surface area contributed by atoms with Crippen molar-refractivity contribution in [2.75, 3.05) is 13.2 Å². The van der Waals surface area contributed by atoms with Gasteiger partial charge in [-0.25, -0.2) is 9.18 Å². The van der Waals surface area contributed by atoms with Gasteiger partial charge in [0.25, 0.3) is 0 Å². The summed E-state index contributed by atoms with van der Waals surface area (Å²) in [5, 5.41) is 8.82. The fourth-order valence-electron chi connectivity index (χ4n) is 1.81. The van der Waals surface area contributed by atoms with Gasteiger partial charge < -0.3 is 9.84 Å². The molecule has 1 fully saturated rings. The summed E-state index contributed by atoms with van der Waals surface area (Å²) < 4.78 is 18.4. The van der Waals surface area contributed by atoms with Crippen molar-refractivity contribution in [2.24, 2.45) is 0 Å². The lowest BCUT2D eigenvalue weighted by atomic mass is 10.0. The molecule has 0 aromatic heterocycles. The second-order valence-electron chi connectivity index (χ2n) is 3.96. The van der Waals surface area contributed by atoms with Crippen molar-refractivity contribution in [2.45, 2.75) is 12.8 Å². The van der Waals surface area contributed by atoms with Gasteiger partial charge >= 0.3 is 5.97 Å². The van der Waals surface area contributed by atoms with E-state index in [0.717, 1.165) is 18.4 Å². The van der Waals surface area contributed by atoms with Crippen LogP contribution in [0.2, 0.25) is 0 Å². The summed E-state index contributed by atoms with van der Waals surface area (Å²) in [6.07, 6.45) is 3.61. The Kier molecular flexibility index (Phi) is 3.54. The van der Waals surface area contributed by atoms with Gasteiger partial charge in [-0.3, -0.25) is 0 Å². The van der Waals surface area contributed by atoms with Gasteiger partial charge in [0.05, 0.1) is 18.8 Å². The zero-order valence-electron chi connectivity index (χ0n) is 9.28. The molecule has 0 aliphatic carbocycles. The molecular weight excluding hydrogens is 223 g/mol. The number of hydrogen-bond acceptors (Lipinski definition) is 2. The zero-order valence-corrected chi connectivity index (χ0v) is 9.28. The highest BCUT2D eigenvalue weighted by molar-refractivity contribution is 5.88. The van der Waals surface area contributed by atoms with E-state index in [2.05, 4.69) is 0 Å². The highest BCUT2D eigenvalue weighted by atomic mass is 19.1. The molecular formula is C13H13FO3. The smallest absolute Gasteiger partial charge is 0.338 e. The Labute approximate surface area is 98.5 Å². The third-order valence-corrected chi connectivity index (χ3v) is 2.73. The first-order chi connectivity index (χ1) is 8.16. The maximum Gasteiger partial charge on any atom is 0.338 e. The molecule has 2 rings (SSSR count). The summed E-state index contributed by atoms with van der Waals surface area (Å²) in [6.45, 7) is 1.39. The molecule has 0 atom stereocenters. The van der Waals surface area contributed by atoms with E-state index in [1.54, 1.807) is 6.07 Å². The second-order valence-corrected chi connectivity index (χ2v) is 3.96. The maximum absolute atomic E-state index is 13.2. The summed E-state index contributed by atoms with van der Waals surface area (Å²) in [7, 11) is 0. The number of aromatic carboxylic acids is 1. The summed E-state index contributed by atoms with van der Waals surface area (Å²) in [4.78, 5) is 10.8. The van der Waals surface area contributed by atoms with Crippen molar-refractivity contribution in [3.63, 3.8) is 0 Å². The lowest BCUT2D eigenvalue weighted by Gasteiger charge is -2.14. The van der Waals surface area contributed by atoms with Crippen LogP contribution in [-0.4, -0.2) is 24.3 Å². The quantitative estimate of drug-likeness (QED) is 0.858. The van der Waals surface area contributed by atoms with Crippen LogP contribution < -0.4 is 0 Å². The molecule has 0 amide bonds. The normalized spacial score (nSPS) is 15.7. The van der Waals surface area contributed by atoms with Crippen molar-refractivity contribution in [1.82, 2.24) is 0 Å². The number of halogens is 1. The molecule has 0 spiro atoms. The molecule has 1 saturated heterocycles. The van der Waals surface area contributed by atoms with Crippen LogP contribution in [0.1, 0.15) is 28.8 Å². The molecule has 1 aromatic rings. The molecule has 0 saturated carbocycles. The monoisotopic (exact) mass is 236 g/mol. The van der Waals surface area contributed by atoms with Crippen molar-refractivity contribution in [1.29, 1.82) is 0 Å². The third kappa shape index (κ3) is 2.91. The minimum atomic E-state index is -1.24. The van der Waals surface area contributed by atoms with Crippen molar-refractivity contribution in [3.8, 4) is 0 Å². The molecule has 17 heavy (non-hydrogen) atoms. The predicted molar refractivity (Wildman–Crippen MR) is 61.4 cm³/mol. The predicted octanol–water partition coefficient (Wildman–Crippen LogP) is 2.72. The van der Waals surface area contributed by atoms with Gasteiger partial charge in [0.1, 0.15) is 5.82 Å². The van der Waals surface area contributed by atoms with Crippen LogP contribution in [0, 0.1) is 5.82 Å². The number of ether oxygens (including phenoxy) is 1. The van der Waals surface area contributed by atoms with Gasteiger partial charge in [0, 0.05) is 0 Å². The van der Waals surface area contributed by atoms with Crippen LogP contribution in [0.4, 0.5) is 4.39 Å². The molecule has 1 heterocycles. The Morgan fingerprint density at radius 3 is 2.71 bits per heavy atom. The van der Waals surface area contributed by atoms with Gasteiger partial charge in [-0.05, 0) is 30.5 Å².